The molecule has 1 N–H and O–H groups in total. The minimum Gasteiger partial charge on any atom is -0.494 e. The van der Waals surface area contributed by atoms with Crippen LogP contribution in [0.5, 0.6) is 5.75 Å². The molecule has 0 spiro atoms. The monoisotopic (exact) mass is 296 g/mol. The van der Waals surface area contributed by atoms with E-state index >= 15 is 0 Å². The molecule has 20 heavy (non-hydrogen) atoms. The summed E-state index contributed by atoms with van der Waals surface area (Å²) in [5.74, 6) is -0.574. The number of rotatable bonds is 3. The Hall–Kier alpha value is -1.56. The summed E-state index contributed by atoms with van der Waals surface area (Å²) in [6, 6.07) is 4.37. The Kier molecular flexibility index (Phi) is 4.65. The fraction of sp³-hybridized carbons (Fsp3) is 0.429. The molecule has 2 atom stereocenters. The normalized spacial score (nSPS) is 21.5. The maximum atomic E-state index is 13.6. The third-order valence-corrected chi connectivity index (χ3v) is 4.08. The number of nitrogens with one attached hydrogen (secondary N) is 1. The molecule has 0 aliphatic carbocycles. The predicted molar refractivity (Wildman–Crippen MR) is 80.1 cm³/mol. The Bertz CT molecular complexity index is 548. The molecule has 1 aromatic rings. The molecule has 1 aromatic carbocycles. The van der Waals surface area contributed by atoms with Gasteiger partial charge in [-0.2, -0.15) is 0 Å². The highest BCUT2D eigenvalue weighted by molar-refractivity contribution is 8.13. The van der Waals surface area contributed by atoms with E-state index in [9.17, 15) is 9.18 Å². The van der Waals surface area contributed by atoms with Gasteiger partial charge in [0.15, 0.2) is 11.6 Å². The van der Waals surface area contributed by atoms with Crippen LogP contribution in [0.25, 0.3) is 0 Å². The lowest BCUT2D eigenvalue weighted by Gasteiger charge is -2.16. The van der Waals surface area contributed by atoms with E-state index in [1.54, 1.807) is 6.07 Å². The zero-order chi connectivity index (χ0) is 14.7. The number of benzene rings is 1. The summed E-state index contributed by atoms with van der Waals surface area (Å²) in [4.78, 5) is 16.7. The smallest absolute Gasteiger partial charge is 0.234 e. The second-order valence-corrected chi connectivity index (χ2v) is 5.50. The lowest BCUT2D eigenvalue weighted by molar-refractivity contribution is -0.118. The predicted octanol–water partition coefficient (Wildman–Crippen LogP) is 2.80. The van der Waals surface area contributed by atoms with Crippen LogP contribution >= 0.6 is 11.8 Å². The molecule has 1 amide bonds. The summed E-state index contributed by atoms with van der Waals surface area (Å²) < 4.78 is 18.4. The summed E-state index contributed by atoms with van der Waals surface area (Å²) in [6.45, 7) is 2.65. The standard InChI is InChI=1S/C14H17FN2O2S/c1-8-7-16-14(20-3)12(8)13(18)17-9-4-5-11(19-2)10(15)6-9/h4-6,8,12H,7H2,1-3H3,(H,17,18). The van der Waals surface area contributed by atoms with Crippen LogP contribution in [-0.4, -0.2) is 30.9 Å². The summed E-state index contributed by atoms with van der Waals surface area (Å²) in [7, 11) is 1.40. The molecule has 0 fully saturated rings. The van der Waals surface area contributed by atoms with Gasteiger partial charge < -0.3 is 10.1 Å². The number of methoxy groups -OCH3 is 1. The average molecular weight is 296 g/mol. The van der Waals surface area contributed by atoms with Crippen LogP contribution in [0.2, 0.25) is 0 Å². The van der Waals surface area contributed by atoms with Crippen molar-refractivity contribution in [3.63, 3.8) is 0 Å². The Morgan fingerprint density at radius 3 is 2.90 bits per heavy atom. The Morgan fingerprint density at radius 1 is 1.55 bits per heavy atom. The van der Waals surface area contributed by atoms with Gasteiger partial charge in [0.05, 0.1) is 18.1 Å². The summed E-state index contributed by atoms with van der Waals surface area (Å²) in [6.07, 6.45) is 1.91. The number of halogens is 1. The van der Waals surface area contributed by atoms with E-state index in [1.807, 2.05) is 13.2 Å². The van der Waals surface area contributed by atoms with Gasteiger partial charge in [-0.3, -0.25) is 9.79 Å². The number of carbonyl (C=O) groups is 1. The van der Waals surface area contributed by atoms with Crippen molar-refractivity contribution in [1.82, 2.24) is 0 Å². The molecule has 0 bridgehead atoms. The maximum Gasteiger partial charge on any atom is 0.234 e. The van der Waals surface area contributed by atoms with Crippen molar-refractivity contribution in [3.8, 4) is 5.75 Å². The fourth-order valence-electron chi connectivity index (χ4n) is 2.21. The first kappa shape index (κ1) is 14.8. The van der Waals surface area contributed by atoms with Crippen molar-refractivity contribution in [2.24, 2.45) is 16.8 Å². The van der Waals surface area contributed by atoms with Crippen molar-refractivity contribution in [3.05, 3.63) is 24.0 Å². The van der Waals surface area contributed by atoms with E-state index in [4.69, 9.17) is 4.74 Å². The molecule has 2 rings (SSSR count). The molecule has 108 valence electrons. The van der Waals surface area contributed by atoms with Gasteiger partial charge in [-0.05, 0) is 24.3 Å². The van der Waals surface area contributed by atoms with E-state index in [0.717, 1.165) is 5.04 Å². The molecule has 1 aliphatic heterocycles. The number of ether oxygens (including phenoxy) is 1. The molecule has 1 heterocycles. The molecule has 4 nitrogen and oxygen atoms in total. The van der Waals surface area contributed by atoms with Crippen LogP contribution in [0.3, 0.4) is 0 Å². The number of nitrogens with zero attached hydrogens (tertiary/aromatic N) is 1. The minimum absolute atomic E-state index is 0.146. The summed E-state index contributed by atoms with van der Waals surface area (Å²) in [5.41, 5.74) is 0.424. The van der Waals surface area contributed by atoms with Crippen LogP contribution < -0.4 is 10.1 Å². The lowest BCUT2D eigenvalue weighted by atomic mass is 9.97. The highest BCUT2D eigenvalue weighted by atomic mass is 32.2. The largest absolute Gasteiger partial charge is 0.494 e. The third kappa shape index (κ3) is 2.95. The Labute approximate surface area is 121 Å². The first-order chi connectivity index (χ1) is 9.56. The number of thioether (sulfide) groups is 1. The van der Waals surface area contributed by atoms with Crippen LogP contribution in [0, 0.1) is 17.7 Å². The van der Waals surface area contributed by atoms with E-state index in [2.05, 4.69) is 10.3 Å². The number of hydrogen-bond donors (Lipinski definition) is 1. The van der Waals surface area contributed by atoms with Crippen molar-refractivity contribution in [2.75, 3.05) is 25.2 Å². The van der Waals surface area contributed by atoms with Gasteiger partial charge in [0.2, 0.25) is 5.91 Å². The molecule has 6 heteroatoms. The van der Waals surface area contributed by atoms with Gasteiger partial charge in [-0.15, -0.1) is 11.8 Å². The van der Waals surface area contributed by atoms with Crippen molar-refractivity contribution in [2.45, 2.75) is 6.92 Å². The van der Waals surface area contributed by atoms with E-state index in [-0.39, 0.29) is 23.5 Å². The first-order valence-electron chi connectivity index (χ1n) is 6.29. The molecule has 0 radical (unpaired) electrons. The number of amides is 1. The van der Waals surface area contributed by atoms with Gasteiger partial charge in [-0.1, -0.05) is 6.92 Å². The first-order valence-corrected chi connectivity index (χ1v) is 7.52. The van der Waals surface area contributed by atoms with Crippen molar-refractivity contribution >= 4 is 28.4 Å². The van der Waals surface area contributed by atoms with Crippen LogP contribution in [0.4, 0.5) is 10.1 Å². The molecule has 0 saturated heterocycles. The van der Waals surface area contributed by atoms with E-state index in [1.165, 1.54) is 31.0 Å². The highest BCUT2D eigenvalue weighted by Crippen LogP contribution is 2.28. The van der Waals surface area contributed by atoms with Gasteiger partial charge in [0, 0.05) is 18.3 Å². The molecule has 0 saturated carbocycles. The quantitative estimate of drug-likeness (QED) is 0.933. The number of aliphatic imine (C=N–C) groups is 1. The fourth-order valence-corrected chi connectivity index (χ4v) is 3.00. The summed E-state index contributed by atoms with van der Waals surface area (Å²) in [5, 5.41) is 3.58. The molecule has 2 unspecified atom stereocenters. The Balaban J connectivity index is 2.12. The van der Waals surface area contributed by atoms with Gasteiger partial charge in [-0.25, -0.2) is 4.39 Å². The number of carbonyl (C=O) groups excluding carboxylic acids is 1. The zero-order valence-electron chi connectivity index (χ0n) is 11.6. The average Bonchev–Trinajstić information content (AvgIpc) is 2.80. The van der Waals surface area contributed by atoms with Crippen LogP contribution in [-0.2, 0) is 4.79 Å². The molecule has 0 aromatic heterocycles. The van der Waals surface area contributed by atoms with E-state index < -0.39 is 5.82 Å². The number of anilines is 1. The van der Waals surface area contributed by atoms with Gasteiger partial charge in [0.1, 0.15) is 0 Å². The third-order valence-electron chi connectivity index (χ3n) is 3.28. The summed E-state index contributed by atoms with van der Waals surface area (Å²) >= 11 is 1.49. The topological polar surface area (TPSA) is 50.7 Å². The van der Waals surface area contributed by atoms with Crippen molar-refractivity contribution in [1.29, 1.82) is 0 Å². The van der Waals surface area contributed by atoms with Gasteiger partial charge in [0.25, 0.3) is 0 Å². The second kappa shape index (κ2) is 6.26. The number of hydrogen-bond acceptors (Lipinski definition) is 4. The zero-order valence-corrected chi connectivity index (χ0v) is 12.5. The Morgan fingerprint density at radius 2 is 2.30 bits per heavy atom. The lowest BCUT2D eigenvalue weighted by Crippen LogP contribution is -2.30. The molecular formula is C14H17FN2O2S. The van der Waals surface area contributed by atoms with Crippen LogP contribution in [0.1, 0.15) is 6.92 Å². The second-order valence-electron chi connectivity index (χ2n) is 4.68. The minimum atomic E-state index is -0.497. The molecule has 1 aliphatic rings. The molecular weight excluding hydrogens is 279 g/mol. The van der Waals surface area contributed by atoms with Crippen molar-refractivity contribution < 1.29 is 13.9 Å². The van der Waals surface area contributed by atoms with Gasteiger partial charge >= 0.3 is 0 Å². The highest BCUT2D eigenvalue weighted by Gasteiger charge is 2.34. The maximum absolute atomic E-state index is 13.6. The van der Waals surface area contributed by atoms with E-state index in [0.29, 0.717) is 12.2 Å². The van der Waals surface area contributed by atoms with Crippen LogP contribution in [0.15, 0.2) is 23.2 Å². The SMILES string of the molecule is COc1ccc(NC(=O)C2C(SC)=NCC2C)cc1F.